The van der Waals surface area contributed by atoms with Gasteiger partial charge in [-0.2, -0.15) is 0 Å². The van der Waals surface area contributed by atoms with Gasteiger partial charge in [0.1, 0.15) is 5.75 Å². The van der Waals surface area contributed by atoms with Gasteiger partial charge in [0, 0.05) is 44.5 Å². The molecule has 1 heterocycles. The number of benzene rings is 2. The number of nitrogens with one attached hydrogen (secondary N) is 2. The van der Waals surface area contributed by atoms with Crippen LogP contribution in [-0.4, -0.2) is 57.2 Å². The quantitative estimate of drug-likeness (QED) is 0.814. The van der Waals surface area contributed by atoms with E-state index in [1.807, 2.05) is 18.2 Å². The third-order valence-corrected chi connectivity index (χ3v) is 5.05. The number of amides is 3. The van der Waals surface area contributed by atoms with Crippen molar-refractivity contribution in [3.05, 3.63) is 54.1 Å². The largest absolute Gasteiger partial charge is 0.495 e. The van der Waals surface area contributed by atoms with E-state index in [1.54, 1.807) is 32.3 Å². The molecule has 1 aliphatic rings. The standard InChI is InChI=1S/C22H28N4O3/c1-25(2)21(27)16-9-10-20(29-3)19(15-16)24-22(28)23-17-11-13-26(14-12-17)18-7-5-4-6-8-18/h4-10,15,17H,11-14H2,1-3H3,(H2,23,24,28). The summed E-state index contributed by atoms with van der Waals surface area (Å²) in [5.41, 5.74) is 2.17. The van der Waals surface area contributed by atoms with Crippen LogP contribution in [0.2, 0.25) is 0 Å². The molecule has 0 aromatic heterocycles. The van der Waals surface area contributed by atoms with Gasteiger partial charge in [-0.15, -0.1) is 0 Å². The molecular formula is C22H28N4O3. The number of carbonyl (C=O) groups excluding carboxylic acids is 2. The summed E-state index contributed by atoms with van der Waals surface area (Å²) in [5, 5.41) is 5.86. The monoisotopic (exact) mass is 396 g/mol. The number of carbonyl (C=O) groups is 2. The fourth-order valence-corrected chi connectivity index (χ4v) is 3.46. The molecule has 0 aliphatic carbocycles. The van der Waals surface area contributed by atoms with Crippen LogP contribution >= 0.6 is 0 Å². The molecule has 29 heavy (non-hydrogen) atoms. The summed E-state index contributed by atoms with van der Waals surface area (Å²) in [7, 11) is 4.91. The Morgan fingerprint density at radius 2 is 1.76 bits per heavy atom. The van der Waals surface area contributed by atoms with Crippen LogP contribution < -0.4 is 20.3 Å². The van der Waals surface area contributed by atoms with Gasteiger partial charge < -0.3 is 25.2 Å². The predicted molar refractivity (Wildman–Crippen MR) is 115 cm³/mol. The molecule has 0 saturated carbocycles. The molecule has 1 aliphatic heterocycles. The lowest BCUT2D eigenvalue weighted by atomic mass is 10.0. The Morgan fingerprint density at radius 3 is 2.38 bits per heavy atom. The van der Waals surface area contributed by atoms with Gasteiger partial charge in [-0.05, 0) is 43.2 Å². The van der Waals surface area contributed by atoms with E-state index in [1.165, 1.54) is 17.7 Å². The minimum Gasteiger partial charge on any atom is -0.495 e. The summed E-state index contributed by atoms with van der Waals surface area (Å²) in [6.45, 7) is 1.79. The number of urea groups is 1. The number of para-hydroxylation sites is 1. The molecule has 3 amide bonds. The first-order valence-corrected chi connectivity index (χ1v) is 9.75. The number of methoxy groups -OCH3 is 1. The lowest BCUT2D eigenvalue weighted by Gasteiger charge is -2.34. The molecule has 2 N–H and O–H groups in total. The fraction of sp³-hybridized carbons (Fsp3) is 0.364. The fourth-order valence-electron chi connectivity index (χ4n) is 3.46. The number of hydrogen-bond donors (Lipinski definition) is 2. The number of hydrogen-bond acceptors (Lipinski definition) is 4. The first-order chi connectivity index (χ1) is 14.0. The van der Waals surface area contributed by atoms with Crippen LogP contribution in [-0.2, 0) is 0 Å². The van der Waals surface area contributed by atoms with E-state index in [2.05, 4.69) is 27.7 Å². The topological polar surface area (TPSA) is 73.9 Å². The molecular weight excluding hydrogens is 368 g/mol. The molecule has 7 nitrogen and oxygen atoms in total. The molecule has 1 saturated heterocycles. The first-order valence-electron chi connectivity index (χ1n) is 9.75. The van der Waals surface area contributed by atoms with Crippen molar-refractivity contribution in [3.63, 3.8) is 0 Å². The van der Waals surface area contributed by atoms with Crippen LogP contribution in [0.25, 0.3) is 0 Å². The predicted octanol–water partition coefficient (Wildman–Crippen LogP) is 3.19. The zero-order chi connectivity index (χ0) is 20.8. The van der Waals surface area contributed by atoms with E-state index in [-0.39, 0.29) is 18.0 Å². The minimum atomic E-state index is -0.295. The van der Waals surface area contributed by atoms with Gasteiger partial charge in [0.05, 0.1) is 12.8 Å². The highest BCUT2D eigenvalue weighted by molar-refractivity contribution is 5.97. The van der Waals surface area contributed by atoms with E-state index in [9.17, 15) is 9.59 Å². The molecule has 2 aromatic carbocycles. The number of nitrogens with zero attached hydrogens (tertiary/aromatic N) is 2. The third kappa shape index (κ3) is 5.19. The maximum Gasteiger partial charge on any atom is 0.319 e. The van der Waals surface area contributed by atoms with Gasteiger partial charge in [0.15, 0.2) is 0 Å². The lowest BCUT2D eigenvalue weighted by Crippen LogP contribution is -2.46. The second kappa shape index (κ2) is 9.32. The normalized spacial score (nSPS) is 14.2. The number of rotatable bonds is 5. The Hall–Kier alpha value is -3.22. The average Bonchev–Trinajstić information content (AvgIpc) is 2.74. The van der Waals surface area contributed by atoms with Crippen molar-refractivity contribution in [1.82, 2.24) is 10.2 Å². The summed E-state index contributed by atoms with van der Waals surface area (Å²) in [4.78, 5) is 28.5. The van der Waals surface area contributed by atoms with Crippen LogP contribution in [0.4, 0.5) is 16.2 Å². The molecule has 3 rings (SSSR count). The van der Waals surface area contributed by atoms with Gasteiger partial charge in [0.25, 0.3) is 5.91 Å². The number of anilines is 2. The van der Waals surface area contributed by atoms with Crippen molar-refractivity contribution in [2.75, 3.05) is 44.5 Å². The maximum atomic E-state index is 12.5. The number of piperidine rings is 1. The SMILES string of the molecule is COc1ccc(C(=O)N(C)C)cc1NC(=O)NC1CCN(c2ccccc2)CC1. The summed E-state index contributed by atoms with van der Waals surface area (Å²) in [5.74, 6) is 0.374. The highest BCUT2D eigenvalue weighted by atomic mass is 16.5. The van der Waals surface area contributed by atoms with Gasteiger partial charge in [-0.25, -0.2) is 4.79 Å². The Morgan fingerprint density at radius 1 is 1.07 bits per heavy atom. The molecule has 1 fully saturated rings. The third-order valence-electron chi connectivity index (χ3n) is 5.05. The average molecular weight is 396 g/mol. The molecule has 2 aromatic rings. The van der Waals surface area contributed by atoms with Crippen LogP contribution in [0, 0.1) is 0 Å². The molecule has 0 radical (unpaired) electrons. The zero-order valence-corrected chi connectivity index (χ0v) is 17.1. The smallest absolute Gasteiger partial charge is 0.319 e. The zero-order valence-electron chi connectivity index (χ0n) is 17.1. The highest BCUT2D eigenvalue weighted by Crippen LogP contribution is 2.26. The Balaban J connectivity index is 1.58. The van der Waals surface area contributed by atoms with Gasteiger partial charge >= 0.3 is 6.03 Å². The summed E-state index contributed by atoms with van der Waals surface area (Å²) < 4.78 is 5.32. The van der Waals surface area contributed by atoms with Crippen LogP contribution in [0.3, 0.4) is 0 Å². The first kappa shape index (κ1) is 20.5. The molecule has 0 bridgehead atoms. The lowest BCUT2D eigenvalue weighted by molar-refractivity contribution is 0.0827. The van der Waals surface area contributed by atoms with Gasteiger partial charge in [0.2, 0.25) is 0 Å². The maximum absolute atomic E-state index is 12.5. The highest BCUT2D eigenvalue weighted by Gasteiger charge is 2.21. The van der Waals surface area contributed by atoms with E-state index in [0.29, 0.717) is 17.0 Å². The van der Waals surface area contributed by atoms with Crippen molar-refractivity contribution in [1.29, 1.82) is 0 Å². The molecule has 7 heteroatoms. The van der Waals surface area contributed by atoms with E-state index in [4.69, 9.17) is 4.74 Å². The van der Waals surface area contributed by atoms with Crippen molar-refractivity contribution in [2.24, 2.45) is 0 Å². The Bertz CT molecular complexity index is 846. The minimum absolute atomic E-state index is 0.104. The Kier molecular flexibility index (Phi) is 6.59. The summed E-state index contributed by atoms with van der Waals surface area (Å²) >= 11 is 0. The second-order valence-electron chi connectivity index (χ2n) is 7.31. The van der Waals surface area contributed by atoms with Crippen molar-refractivity contribution in [2.45, 2.75) is 18.9 Å². The molecule has 154 valence electrons. The van der Waals surface area contributed by atoms with Gasteiger partial charge in [-0.3, -0.25) is 4.79 Å². The molecule has 0 spiro atoms. The van der Waals surface area contributed by atoms with Crippen LogP contribution in [0.1, 0.15) is 23.2 Å². The second-order valence-corrected chi connectivity index (χ2v) is 7.31. The van der Waals surface area contributed by atoms with Crippen molar-refractivity contribution >= 4 is 23.3 Å². The van der Waals surface area contributed by atoms with E-state index < -0.39 is 0 Å². The van der Waals surface area contributed by atoms with Crippen LogP contribution in [0.5, 0.6) is 5.75 Å². The molecule has 0 atom stereocenters. The number of ether oxygens (including phenoxy) is 1. The molecule has 0 unspecified atom stereocenters. The van der Waals surface area contributed by atoms with Crippen molar-refractivity contribution < 1.29 is 14.3 Å². The van der Waals surface area contributed by atoms with E-state index in [0.717, 1.165) is 25.9 Å². The van der Waals surface area contributed by atoms with Crippen molar-refractivity contribution in [3.8, 4) is 5.75 Å². The van der Waals surface area contributed by atoms with E-state index >= 15 is 0 Å². The summed E-state index contributed by atoms with van der Waals surface area (Å²) in [6, 6.07) is 15.1. The van der Waals surface area contributed by atoms with Gasteiger partial charge in [-0.1, -0.05) is 18.2 Å². The van der Waals surface area contributed by atoms with Crippen LogP contribution in [0.15, 0.2) is 48.5 Å². The Labute approximate surface area is 171 Å². The summed E-state index contributed by atoms with van der Waals surface area (Å²) in [6.07, 6.45) is 1.75.